The first-order chi connectivity index (χ1) is 7.84. The first-order valence-corrected chi connectivity index (χ1v) is 5.91. The van der Waals surface area contributed by atoms with E-state index in [0.717, 1.165) is 19.5 Å². The molecule has 2 aliphatic rings. The van der Waals surface area contributed by atoms with Gasteiger partial charge in [0.2, 0.25) is 0 Å². The average molecular weight is 219 g/mol. The molecule has 2 atom stereocenters. The maximum atomic E-state index is 9.82. The van der Waals surface area contributed by atoms with E-state index in [-0.39, 0.29) is 12.1 Å². The molecular weight excluding hydrogens is 202 g/mol. The molecule has 0 aromatic heterocycles. The lowest BCUT2D eigenvalue weighted by molar-refractivity contribution is 0.0742. The maximum absolute atomic E-state index is 9.82. The molecule has 3 nitrogen and oxygen atoms in total. The largest absolute Gasteiger partial charge is 0.389 e. The molecule has 0 amide bonds. The van der Waals surface area contributed by atoms with Gasteiger partial charge in [-0.1, -0.05) is 24.3 Å². The number of aliphatic hydroxyl groups is 1. The summed E-state index contributed by atoms with van der Waals surface area (Å²) < 4.78 is 5.32. The molecule has 16 heavy (non-hydrogen) atoms. The Kier molecular flexibility index (Phi) is 2.67. The molecule has 1 N–H and O–H groups in total. The van der Waals surface area contributed by atoms with Crippen molar-refractivity contribution in [1.29, 1.82) is 0 Å². The standard InChI is InChI=1S/C13H17NO2/c15-13-9-16-8-12(13)14-6-5-10-3-1-2-4-11(10)7-14/h1-4,12-13,15H,5-9H2/t12-,13+/m1/s1. The zero-order chi connectivity index (χ0) is 11.0. The van der Waals surface area contributed by atoms with Crippen molar-refractivity contribution in [3.63, 3.8) is 0 Å². The minimum absolute atomic E-state index is 0.188. The number of aliphatic hydroxyl groups excluding tert-OH is 1. The first-order valence-electron chi connectivity index (χ1n) is 5.91. The molecule has 1 fully saturated rings. The van der Waals surface area contributed by atoms with Crippen LogP contribution in [-0.4, -0.2) is 41.9 Å². The molecule has 86 valence electrons. The van der Waals surface area contributed by atoms with Gasteiger partial charge in [0, 0.05) is 13.1 Å². The van der Waals surface area contributed by atoms with Gasteiger partial charge in [0.15, 0.2) is 0 Å². The van der Waals surface area contributed by atoms with E-state index in [2.05, 4.69) is 29.2 Å². The van der Waals surface area contributed by atoms with Gasteiger partial charge in [-0.05, 0) is 17.5 Å². The van der Waals surface area contributed by atoms with E-state index in [1.165, 1.54) is 11.1 Å². The van der Waals surface area contributed by atoms with Crippen LogP contribution in [0.25, 0.3) is 0 Å². The summed E-state index contributed by atoms with van der Waals surface area (Å²) >= 11 is 0. The van der Waals surface area contributed by atoms with Crippen molar-refractivity contribution < 1.29 is 9.84 Å². The van der Waals surface area contributed by atoms with E-state index in [4.69, 9.17) is 4.74 Å². The van der Waals surface area contributed by atoms with Gasteiger partial charge in [0.05, 0.1) is 25.4 Å². The van der Waals surface area contributed by atoms with Crippen molar-refractivity contribution >= 4 is 0 Å². The molecule has 0 spiro atoms. The Morgan fingerprint density at radius 2 is 2.00 bits per heavy atom. The highest BCUT2D eigenvalue weighted by atomic mass is 16.5. The van der Waals surface area contributed by atoms with E-state index in [9.17, 15) is 5.11 Å². The van der Waals surface area contributed by atoms with Crippen molar-refractivity contribution in [2.45, 2.75) is 25.1 Å². The van der Waals surface area contributed by atoms with Crippen LogP contribution in [0, 0.1) is 0 Å². The summed E-state index contributed by atoms with van der Waals surface area (Å²) in [5, 5.41) is 9.82. The van der Waals surface area contributed by atoms with Crippen molar-refractivity contribution in [3.05, 3.63) is 35.4 Å². The highest BCUT2D eigenvalue weighted by Gasteiger charge is 2.33. The third kappa shape index (κ3) is 1.75. The highest BCUT2D eigenvalue weighted by molar-refractivity contribution is 5.29. The molecule has 2 aliphatic heterocycles. The van der Waals surface area contributed by atoms with Crippen LogP contribution in [0.15, 0.2) is 24.3 Å². The zero-order valence-corrected chi connectivity index (χ0v) is 9.30. The Morgan fingerprint density at radius 3 is 2.75 bits per heavy atom. The quantitative estimate of drug-likeness (QED) is 0.758. The Morgan fingerprint density at radius 1 is 1.19 bits per heavy atom. The van der Waals surface area contributed by atoms with Crippen molar-refractivity contribution in [3.8, 4) is 0 Å². The van der Waals surface area contributed by atoms with Gasteiger partial charge < -0.3 is 9.84 Å². The van der Waals surface area contributed by atoms with Gasteiger partial charge in [-0.2, -0.15) is 0 Å². The third-order valence-corrected chi connectivity index (χ3v) is 3.65. The fourth-order valence-corrected chi connectivity index (χ4v) is 2.68. The van der Waals surface area contributed by atoms with E-state index in [1.807, 2.05) is 0 Å². The number of rotatable bonds is 1. The van der Waals surface area contributed by atoms with Crippen LogP contribution in [0.1, 0.15) is 11.1 Å². The number of fused-ring (bicyclic) bond motifs is 1. The minimum Gasteiger partial charge on any atom is -0.389 e. The molecule has 0 aliphatic carbocycles. The van der Waals surface area contributed by atoms with Crippen LogP contribution < -0.4 is 0 Å². The molecule has 0 saturated carbocycles. The predicted octanol–water partition coefficient (Wildman–Crippen LogP) is 0.804. The summed E-state index contributed by atoms with van der Waals surface area (Å²) in [7, 11) is 0. The Bertz CT molecular complexity index is 380. The molecule has 0 unspecified atom stereocenters. The predicted molar refractivity (Wildman–Crippen MR) is 61.2 cm³/mol. The topological polar surface area (TPSA) is 32.7 Å². The third-order valence-electron chi connectivity index (χ3n) is 3.65. The molecule has 0 bridgehead atoms. The van der Waals surface area contributed by atoms with Crippen LogP contribution >= 0.6 is 0 Å². The summed E-state index contributed by atoms with van der Waals surface area (Å²) in [5.41, 5.74) is 2.85. The lowest BCUT2D eigenvalue weighted by atomic mass is 9.98. The number of ether oxygens (including phenoxy) is 1. The number of hydrogen-bond donors (Lipinski definition) is 1. The summed E-state index contributed by atoms with van der Waals surface area (Å²) in [5.74, 6) is 0. The van der Waals surface area contributed by atoms with E-state index < -0.39 is 0 Å². The molecule has 1 aromatic carbocycles. The van der Waals surface area contributed by atoms with E-state index >= 15 is 0 Å². The Labute approximate surface area is 95.6 Å². The van der Waals surface area contributed by atoms with Gasteiger partial charge in [0.1, 0.15) is 0 Å². The monoisotopic (exact) mass is 219 g/mol. The SMILES string of the molecule is O[C@H]1COC[C@H]1N1CCc2ccccc2C1. The molecule has 3 heteroatoms. The average Bonchev–Trinajstić information content (AvgIpc) is 2.75. The fourth-order valence-electron chi connectivity index (χ4n) is 2.68. The van der Waals surface area contributed by atoms with Gasteiger partial charge in [0.25, 0.3) is 0 Å². The number of hydrogen-bond acceptors (Lipinski definition) is 3. The van der Waals surface area contributed by atoms with Crippen LogP contribution in [-0.2, 0) is 17.7 Å². The van der Waals surface area contributed by atoms with Gasteiger partial charge in [-0.25, -0.2) is 0 Å². The lowest BCUT2D eigenvalue weighted by Crippen LogP contribution is -2.45. The van der Waals surface area contributed by atoms with Crippen LogP contribution in [0.2, 0.25) is 0 Å². The maximum Gasteiger partial charge on any atom is 0.0950 e. The summed E-state index contributed by atoms with van der Waals surface area (Å²) in [4.78, 5) is 2.35. The molecule has 3 rings (SSSR count). The molecule has 1 aromatic rings. The van der Waals surface area contributed by atoms with Crippen molar-refractivity contribution in [2.24, 2.45) is 0 Å². The van der Waals surface area contributed by atoms with Crippen LogP contribution in [0.3, 0.4) is 0 Å². The van der Waals surface area contributed by atoms with Gasteiger partial charge >= 0.3 is 0 Å². The Hall–Kier alpha value is -0.900. The zero-order valence-electron chi connectivity index (χ0n) is 9.30. The highest BCUT2D eigenvalue weighted by Crippen LogP contribution is 2.23. The second-order valence-electron chi connectivity index (χ2n) is 4.66. The second-order valence-corrected chi connectivity index (χ2v) is 4.66. The van der Waals surface area contributed by atoms with E-state index in [0.29, 0.717) is 13.2 Å². The summed E-state index contributed by atoms with van der Waals surface area (Å²) in [6.07, 6.45) is 0.768. The smallest absolute Gasteiger partial charge is 0.0950 e. The van der Waals surface area contributed by atoms with Crippen LogP contribution in [0.4, 0.5) is 0 Å². The number of benzene rings is 1. The molecule has 1 saturated heterocycles. The minimum atomic E-state index is -0.315. The molecular formula is C13H17NO2. The van der Waals surface area contributed by atoms with Gasteiger partial charge in [-0.15, -0.1) is 0 Å². The Balaban J connectivity index is 1.77. The van der Waals surface area contributed by atoms with E-state index in [1.54, 1.807) is 0 Å². The summed E-state index contributed by atoms with van der Waals surface area (Å²) in [6, 6.07) is 8.76. The van der Waals surface area contributed by atoms with Crippen molar-refractivity contribution in [2.75, 3.05) is 19.8 Å². The lowest BCUT2D eigenvalue weighted by Gasteiger charge is -2.34. The first kappa shape index (κ1) is 10.3. The number of nitrogens with zero attached hydrogens (tertiary/aromatic N) is 1. The van der Waals surface area contributed by atoms with Crippen LogP contribution in [0.5, 0.6) is 0 Å². The molecule has 2 heterocycles. The molecule has 0 radical (unpaired) electrons. The van der Waals surface area contributed by atoms with Gasteiger partial charge in [-0.3, -0.25) is 4.90 Å². The second kappa shape index (κ2) is 4.17. The fraction of sp³-hybridized carbons (Fsp3) is 0.538. The normalized spacial score (nSPS) is 30.3. The summed E-state index contributed by atoms with van der Waals surface area (Å²) in [6.45, 7) is 3.13. The van der Waals surface area contributed by atoms with Crippen molar-refractivity contribution in [1.82, 2.24) is 4.90 Å².